The molecule has 0 amide bonds. The maximum Gasteiger partial charge on any atom is 0.153 e. The Morgan fingerprint density at radius 2 is 0.750 bits per heavy atom. The van der Waals surface area contributed by atoms with Gasteiger partial charge >= 0.3 is 0 Å². The van der Waals surface area contributed by atoms with E-state index in [-0.39, 0.29) is 0 Å². The molecule has 114 valence electrons. The molecule has 2 heteroatoms. The minimum absolute atomic E-state index is 0.793. The minimum atomic E-state index is -1.45. The summed E-state index contributed by atoms with van der Waals surface area (Å²) in [5.41, 5.74) is 0.283. The lowest BCUT2D eigenvalue weighted by molar-refractivity contribution is -0.0966. The highest BCUT2D eigenvalue weighted by Gasteiger charge is 2.64. The fourth-order valence-electron chi connectivity index (χ4n) is 4.96. The van der Waals surface area contributed by atoms with Crippen molar-refractivity contribution in [2.45, 2.75) is 11.2 Å². The molecular formula is C22H14O2. The number of rotatable bonds is 0. The summed E-state index contributed by atoms with van der Waals surface area (Å²) in [5, 5.41) is 27.9. The molecule has 0 atom stereocenters. The van der Waals surface area contributed by atoms with Crippen molar-refractivity contribution in [3.63, 3.8) is 0 Å². The van der Waals surface area contributed by atoms with Crippen molar-refractivity contribution in [3.05, 3.63) is 95.1 Å². The Kier molecular flexibility index (Phi) is 1.96. The third-order valence-electron chi connectivity index (χ3n) is 5.89. The largest absolute Gasteiger partial charge is 0.377 e. The Balaban J connectivity index is 1.92. The zero-order chi connectivity index (χ0) is 16.1. The Morgan fingerprint density at radius 1 is 0.458 bits per heavy atom. The quantitative estimate of drug-likeness (QED) is 0.519. The van der Waals surface area contributed by atoms with Crippen molar-refractivity contribution in [1.29, 1.82) is 0 Å². The first-order chi connectivity index (χ1) is 11.7. The van der Waals surface area contributed by atoms with Crippen LogP contribution in [0, 0.1) is 0 Å². The molecule has 0 saturated carbocycles. The van der Waals surface area contributed by atoms with Gasteiger partial charge in [-0.15, -0.1) is 0 Å². The van der Waals surface area contributed by atoms with Crippen LogP contribution in [0.25, 0.3) is 21.5 Å². The molecule has 2 N–H and O–H groups in total. The van der Waals surface area contributed by atoms with Crippen LogP contribution in [-0.4, -0.2) is 10.2 Å². The molecule has 6 rings (SSSR count). The highest BCUT2D eigenvalue weighted by atomic mass is 16.4. The summed E-state index contributed by atoms with van der Waals surface area (Å²) in [4.78, 5) is 0. The van der Waals surface area contributed by atoms with Crippen LogP contribution in [0.3, 0.4) is 0 Å². The molecule has 0 unspecified atom stereocenters. The smallest absolute Gasteiger partial charge is 0.153 e. The van der Waals surface area contributed by atoms with Crippen molar-refractivity contribution in [2.75, 3.05) is 0 Å². The monoisotopic (exact) mass is 310 g/mol. The van der Waals surface area contributed by atoms with E-state index in [0.29, 0.717) is 0 Å². The van der Waals surface area contributed by atoms with Crippen LogP contribution in [0.2, 0.25) is 0 Å². The Labute approximate surface area is 138 Å². The summed E-state index contributed by atoms with van der Waals surface area (Å²) < 4.78 is 0. The SMILES string of the molecule is OC12c3cccc4cccc(c34)C1(O)c1cccc3cccc2c13. The van der Waals surface area contributed by atoms with Gasteiger partial charge < -0.3 is 10.2 Å². The average Bonchev–Trinajstić information content (AvgIpc) is 2.95. The van der Waals surface area contributed by atoms with E-state index in [1.807, 2.05) is 72.8 Å². The number of fused-ring (bicyclic) bond motifs is 5. The van der Waals surface area contributed by atoms with Crippen LogP contribution in [0.1, 0.15) is 22.3 Å². The molecule has 0 spiro atoms. The topological polar surface area (TPSA) is 40.5 Å². The molecule has 0 radical (unpaired) electrons. The zero-order valence-corrected chi connectivity index (χ0v) is 12.8. The van der Waals surface area contributed by atoms with Gasteiger partial charge in [0, 0.05) is 0 Å². The molecule has 4 aromatic rings. The Bertz CT molecular complexity index is 1020. The average molecular weight is 310 g/mol. The van der Waals surface area contributed by atoms with E-state index in [4.69, 9.17) is 0 Å². The number of benzene rings is 4. The molecule has 0 fully saturated rings. The summed E-state index contributed by atoms with van der Waals surface area (Å²) in [6.45, 7) is 0. The Hall–Kier alpha value is -2.68. The molecule has 0 saturated heterocycles. The summed E-state index contributed by atoms with van der Waals surface area (Å²) in [6, 6.07) is 23.7. The number of hydrogen-bond acceptors (Lipinski definition) is 2. The summed E-state index contributed by atoms with van der Waals surface area (Å²) in [7, 11) is 0. The first-order valence-corrected chi connectivity index (χ1v) is 8.17. The van der Waals surface area contributed by atoms with Crippen LogP contribution in [-0.2, 0) is 11.2 Å². The van der Waals surface area contributed by atoms with Crippen LogP contribution in [0.15, 0.2) is 72.8 Å². The van der Waals surface area contributed by atoms with Crippen LogP contribution >= 0.6 is 0 Å². The second kappa shape index (κ2) is 3.69. The fourth-order valence-corrected chi connectivity index (χ4v) is 4.96. The highest BCUT2D eigenvalue weighted by Crippen LogP contribution is 2.63. The number of hydrogen-bond donors (Lipinski definition) is 2. The van der Waals surface area contributed by atoms with Crippen molar-refractivity contribution in [3.8, 4) is 0 Å². The van der Waals surface area contributed by atoms with Gasteiger partial charge in [-0.25, -0.2) is 0 Å². The van der Waals surface area contributed by atoms with Gasteiger partial charge in [0.25, 0.3) is 0 Å². The van der Waals surface area contributed by atoms with E-state index >= 15 is 0 Å². The minimum Gasteiger partial charge on any atom is -0.377 e. The summed E-state index contributed by atoms with van der Waals surface area (Å²) in [5.74, 6) is 0. The van der Waals surface area contributed by atoms with E-state index in [1.165, 1.54) is 0 Å². The van der Waals surface area contributed by atoms with Gasteiger partial charge in [0.1, 0.15) is 0 Å². The zero-order valence-electron chi connectivity index (χ0n) is 12.8. The maximum absolute atomic E-state index is 11.9. The van der Waals surface area contributed by atoms with E-state index in [9.17, 15) is 10.2 Å². The third kappa shape index (κ3) is 1.06. The van der Waals surface area contributed by atoms with Gasteiger partial charge in [-0.05, 0) is 43.8 Å². The third-order valence-corrected chi connectivity index (χ3v) is 5.89. The standard InChI is InChI=1S/C22H14O2/c23-21-15-9-1-5-13-6-2-10-16(19(13)15)22(21,24)18-12-4-8-14-7-3-11-17(21)20(14)18/h1-12,23-24H. The van der Waals surface area contributed by atoms with E-state index < -0.39 is 11.2 Å². The molecule has 2 nitrogen and oxygen atoms in total. The first kappa shape index (κ1) is 12.7. The highest BCUT2D eigenvalue weighted by molar-refractivity contribution is 6.02. The predicted molar refractivity (Wildman–Crippen MR) is 93.9 cm³/mol. The van der Waals surface area contributed by atoms with Gasteiger partial charge in [0.15, 0.2) is 11.2 Å². The van der Waals surface area contributed by atoms with E-state index in [1.54, 1.807) is 0 Å². The van der Waals surface area contributed by atoms with Gasteiger partial charge in [-0.3, -0.25) is 0 Å². The van der Waals surface area contributed by atoms with Crippen LogP contribution in [0.5, 0.6) is 0 Å². The van der Waals surface area contributed by atoms with Crippen molar-refractivity contribution in [1.82, 2.24) is 0 Å². The lowest BCUT2D eigenvalue weighted by Gasteiger charge is -2.35. The molecule has 4 aromatic carbocycles. The molecule has 2 aliphatic rings. The van der Waals surface area contributed by atoms with Gasteiger partial charge in [0.05, 0.1) is 0 Å². The fraction of sp³-hybridized carbons (Fsp3) is 0.0909. The summed E-state index contributed by atoms with van der Waals surface area (Å²) in [6.07, 6.45) is 0. The van der Waals surface area contributed by atoms with E-state index in [0.717, 1.165) is 43.8 Å². The van der Waals surface area contributed by atoms with Crippen molar-refractivity contribution >= 4 is 21.5 Å². The lowest BCUT2D eigenvalue weighted by atomic mass is 9.78. The lowest BCUT2D eigenvalue weighted by Crippen LogP contribution is -2.44. The molecular weight excluding hydrogens is 296 g/mol. The molecule has 0 aromatic heterocycles. The Morgan fingerprint density at radius 3 is 1.04 bits per heavy atom. The second-order valence-electron chi connectivity index (χ2n) is 6.84. The first-order valence-electron chi connectivity index (χ1n) is 8.17. The normalized spacial score (nSPS) is 26.2. The predicted octanol–water partition coefficient (Wildman–Crippen LogP) is 3.79. The van der Waals surface area contributed by atoms with Gasteiger partial charge in [-0.1, -0.05) is 72.8 Å². The summed E-state index contributed by atoms with van der Waals surface area (Å²) >= 11 is 0. The maximum atomic E-state index is 11.9. The molecule has 0 aliphatic heterocycles. The molecule has 0 heterocycles. The van der Waals surface area contributed by atoms with Crippen molar-refractivity contribution < 1.29 is 10.2 Å². The number of aliphatic hydroxyl groups is 2. The van der Waals surface area contributed by atoms with Gasteiger partial charge in [-0.2, -0.15) is 0 Å². The second-order valence-corrected chi connectivity index (χ2v) is 6.84. The molecule has 0 bridgehead atoms. The van der Waals surface area contributed by atoms with Crippen molar-refractivity contribution in [2.24, 2.45) is 0 Å². The van der Waals surface area contributed by atoms with Crippen LogP contribution in [0.4, 0.5) is 0 Å². The van der Waals surface area contributed by atoms with Gasteiger partial charge in [0.2, 0.25) is 0 Å². The van der Waals surface area contributed by atoms with E-state index in [2.05, 4.69) is 0 Å². The molecule has 2 aliphatic carbocycles. The van der Waals surface area contributed by atoms with Crippen LogP contribution < -0.4 is 0 Å². The molecule has 24 heavy (non-hydrogen) atoms.